The molecular formula is C8H3F7N. The van der Waals surface area contributed by atoms with Gasteiger partial charge in [0.15, 0.2) is 0 Å². The lowest BCUT2D eigenvalue weighted by Crippen LogP contribution is -2.50. The largest absolute Gasteiger partial charge is 0.437 e. The van der Waals surface area contributed by atoms with E-state index < -0.39 is 23.7 Å². The van der Waals surface area contributed by atoms with Crippen molar-refractivity contribution >= 4 is 0 Å². The van der Waals surface area contributed by atoms with Crippen molar-refractivity contribution in [3.05, 3.63) is 30.1 Å². The SMILES string of the molecule is FC(F)(F)C(F)(c1cc[c]cn1)C(F)(F)F. The van der Waals surface area contributed by atoms with E-state index in [0.29, 0.717) is 12.3 Å². The highest BCUT2D eigenvalue weighted by atomic mass is 19.4. The molecule has 0 fully saturated rings. The Morgan fingerprint density at radius 3 is 1.75 bits per heavy atom. The van der Waals surface area contributed by atoms with E-state index in [1.807, 2.05) is 0 Å². The van der Waals surface area contributed by atoms with Crippen LogP contribution in [0.25, 0.3) is 0 Å². The molecule has 16 heavy (non-hydrogen) atoms. The monoisotopic (exact) mass is 246 g/mol. The molecule has 0 spiro atoms. The standard InChI is InChI=1S/C8H3F7N/c9-6(7(10,11)12,8(13,14)15)5-3-1-2-4-16-5/h1,3-4H. The third-order valence-electron chi connectivity index (χ3n) is 1.75. The van der Waals surface area contributed by atoms with E-state index in [-0.39, 0.29) is 6.07 Å². The number of nitrogens with zero attached hydrogens (tertiary/aromatic N) is 1. The summed E-state index contributed by atoms with van der Waals surface area (Å²) in [6.45, 7) is 0. The van der Waals surface area contributed by atoms with Crippen molar-refractivity contribution in [2.45, 2.75) is 18.0 Å². The van der Waals surface area contributed by atoms with E-state index in [9.17, 15) is 30.7 Å². The molecule has 0 saturated carbocycles. The molecule has 1 aromatic rings. The predicted molar refractivity (Wildman–Crippen MR) is 38.0 cm³/mol. The van der Waals surface area contributed by atoms with Gasteiger partial charge in [-0.1, -0.05) is 6.07 Å². The van der Waals surface area contributed by atoms with Crippen LogP contribution in [0.5, 0.6) is 0 Å². The van der Waals surface area contributed by atoms with Gasteiger partial charge in [0, 0.05) is 12.3 Å². The van der Waals surface area contributed by atoms with E-state index in [4.69, 9.17) is 0 Å². The number of hydrogen-bond donors (Lipinski definition) is 0. The maximum Gasteiger partial charge on any atom is 0.437 e. The first-order valence-corrected chi connectivity index (χ1v) is 3.75. The van der Waals surface area contributed by atoms with Gasteiger partial charge in [-0.15, -0.1) is 0 Å². The molecule has 8 heteroatoms. The highest BCUT2D eigenvalue weighted by Gasteiger charge is 2.74. The van der Waals surface area contributed by atoms with E-state index in [2.05, 4.69) is 11.1 Å². The molecule has 89 valence electrons. The number of pyridine rings is 1. The Morgan fingerprint density at radius 2 is 1.44 bits per heavy atom. The highest BCUT2D eigenvalue weighted by molar-refractivity contribution is 5.18. The van der Waals surface area contributed by atoms with Gasteiger partial charge < -0.3 is 0 Å². The zero-order chi connectivity index (χ0) is 12.6. The van der Waals surface area contributed by atoms with Gasteiger partial charge in [-0.25, -0.2) is 4.39 Å². The molecule has 0 amide bonds. The Hall–Kier alpha value is -1.34. The molecule has 1 aromatic heterocycles. The first kappa shape index (κ1) is 12.7. The van der Waals surface area contributed by atoms with Gasteiger partial charge in [0.1, 0.15) is 0 Å². The topological polar surface area (TPSA) is 12.9 Å². The molecule has 0 aliphatic rings. The summed E-state index contributed by atoms with van der Waals surface area (Å²) in [5.74, 6) is 0. The summed E-state index contributed by atoms with van der Waals surface area (Å²) in [7, 11) is 0. The number of halogens is 7. The summed E-state index contributed by atoms with van der Waals surface area (Å²) < 4.78 is 86.1. The Bertz CT molecular complexity index is 339. The van der Waals surface area contributed by atoms with Crippen molar-refractivity contribution in [1.29, 1.82) is 0 Å². The van der Waals surface area contributed by atoms with Crippen LogP contribution in [0, 0.1) is 6.07 Å². The first-order chi connectivity index (χ1) is 7.11. The minimum atomic E-state index is -6.13. The average molecular weight is 246 g/mol. The smallest absolute Gasteiger partial charge is 0.257 e. The summed E-state index contributed by atoms with van der Waals surface area (Å²) in [5, 5.41) is 0. The lowest BCUT2D eigenvalue weighted by molar-refractivity contribution is -0.350. The summed E-state index contributed by atoms with van der Waals surface area (Å²) in [6, 6.07) is 3.09. The molecule has 1 heterocycles. The molecular weight excluding hydrogens is 243 g/mol. The molecule has 0 unspecified atom stereocenters. The minimum Gasteiger partial charge on any atom is -0.257 e. The minimum absolute atomic E-state index is 0.279. The molecule has 0 N–H and O–H groups in total. The molecule has 0 aliphatic heterocycles. The lowest BCUT2D eigenvalue weighted by Gasteiger charge is -2.29. The zero-order valence-corrected chi connectivity index (χ0v) is 7.33. The zero-order valence-electron chi connectivity index (χ0n) is 7.33. The van der Waals surface area contributed by atoms with Crippen LogP contribution in [0.15, 0.2) is 18.3 Å². The quantitative estimate of drug-likeness (QED) is 0.693. The van der Waals surface area contributed by atoms with Gasteiger partial charge in [-0.05, 0) is 6.07 Å². The molecule has 1 nitrogen and oxygen atoms in total. The van der Waals surface area contributed by atoms with Crippen LogP contribution in [0.4, 0.5) is 30.7 Å². The molecule has 0 aliphatic carbocycles. The van der Waals surface area contributed by atoms with Crippen LogP contribution >= 0.6 is 0 Å². The molecule has 0 atom stereocenters. The Kier molecular flexibility index (Phi) is 2.86. The predicted octanol–water partition coefficient (Wildman–Crippen LogP) is 3.17. The summed E-state index contributed by atoms with van der Waals surface area (Å²) in [5.41, 5.74) is -7.22. The van der Waals surface area contributed by atoms with Crippen molar-refractivity contribution in [2.24, 2.45) is 0 Å². The van der Waals surface area contributed by atoms with Crippen molar-refractivity contribution in [1.82, 2.24) is 4.98 Å². The van der Waals surface area contributed by atoms with E-state index in [0.717, 1.165) is 0 Å². The molecule has 0 aromatic carbocycles. The van der Waals surface area contributed by atoms with E-state index in [1.165, 1.54) is 0 Å². The maximum atomic E-state index is 13.2. The Balaban J connectivity index is 3.39. The van der Waals surface area contributed by atoms with Crippen molar-refractivity contribution in [3.63, 3.8) is 0 Å². The third kappa shape index (κ3) is 1.83. The Morgan fingerprint density at radius 1 is 0.938 bits per heavy atom. The average Bonchev–Trinajstić information content (AvgIpc) is 2.14. The van der Waals surface area contributed by atoms with Gasteiger partial charge >= 0.3 is 18.0 Å². The number of aromatic nitrogens is 1. The van der Waals surface area contributed by atoms with Gasteiger partial charge in [0.05, 0.1) is 5.69 Å². The van der Waals surface area contributed by atoms with Crippen molar-refractivity contribution in [3.8, 4) is 0 Å². The van der Waals surface area contributed by atoms with Gasteiger partial charge in [-0.3, -0.25) is 4.98 Å². The summed E-state index contributed by atoms with van der Waals surface area (Å²) in [4.78, 5) is 2.71. The maximum absolute atomic E-state index is 13.2. The van der Waals surface area contributed by atoms with E-state index >= 15 is 0 Å². The van der Waals surface area contributed by atoms with Gasteiger partial charge in [-0.2, -0.15) is 26.3 Å². The summed E-state index contributed by atoms with van der Waals surface area (Å²) in [6.07, 6.45) is -11.7. The van der Waals surface area contributed by atoms with Gasteiger partial charge in [0.25, 0.3) is 0 Å². The molecule has 1 radical (unpaired) electrons. The lowest BCUT2D eigenvalue weighted by atomic mass is 10.00. The normalized spacial score (nSPS) is 13.9. The van der Waals surface area contributed by atoms with Crippen LogP contribution in [0.3, 0.4) is 0 Å². The number of hydrogen-bond acceptors (Lipinski definition) is 1. The van der Waals surface area contributed by atoms with Crippen LogP contribution in [0.2, 0.25) is 0 Å². The third-order valence-corrected chi connectivity index (χ3v) is 1.75. The Labute approximate surface area is 84.9 Å². The summed E-state index contributed by atoms with van der Waals surface area (Å²) >= 11 is 0. The fourth-order valence-corrected chi connectivity index (χ4v) is 0.975. The van der Waals surface area contributed by atoms with E-state index in [1.54, 1.807) is 0 Å². The molecule has 0 saturated heterocycles. The number of alkyl halides is 7. The number of rotatable bonds is 1. The first-order valence-electron chi connectivity index (χ1n) is 3.75. The molecule has 1 rings (SSSR count). The fourth-order valence-electron chi connectivity index (χ4n) is 0.975. The second kappa shape index (κ2) is 3.60. The molecule has 0 bridgehead atoms. The van der Waals surface area contributed by atoms with Crippen LogP contribution in [-0.2, 0) is 5.67 Å². The fraction of sp³-hybridized carbons (Fsp3) is 0.375. The van der Waals surface area contributed by atoms with Gasteiger partial charge in [0.2, 0.25) is 0 Å². The second-order valence-corrected chi connectivity index (χ2v) is 2.80. The van der Waals surface area contributed by atoms with Crippen molar-refractivity contribution < 1.29 is 30.7 Å². The van der Waals surface area contributed by atoms with Crippen LogP contribution < -0.4 is 0 Å². The second-order valence-electron chi connectivity index (χ2n) is 2.80. The van der Waals surface area contributed by atoms with Crippen LogP contribution in [0.1, 0.15) is 5.69 Å². The van der Waals surface area contributed by atoms with Crippen molar-refractivity contribution in [2.75, 3.05) is 0 Å². The highest BCUT2D eigenvalue weighted by Crippen LogP contribution is 2.52. The van der Waals surface area contributed by atoms with Crippen LogP contribution in [-0.4, -0.2) is 17.3 Å².